The molecule has 1 atom stereocenters. The van der Waals surface area contributed by atoms with Crippen LogP contribution in [-0.4, -0.2) is 17.1 Å². The van der Waals surface area contributed by atoms with E-state index in [1.165, 1.54) is 11.8 Å². The van der Waals surface area contributed by atoms with E-state index in [9.17, 15) is 9.59 Å². The summed E-state index contributed by atoms with van der Waals surface area (Å²) in [4.78, 5) is 26.1. The van der Waals surface area contributed by atoms with Gasteiger partial charge >= 0.3 is 0 Å². The summed E-state index contributed by atoms with van der Waals surface area (Å²) >= 11 is 7.41. The minimum Gasteiger partial charge on any atom is -0.325 e. The number of rotatable bonds is 6. The number of halogens is 1. The predicted molar refractivity (Wildman–Crippen MR) is 134 cm³/mol. The Hall–Kier alpha value is -3.28. The van der Waals surface area contributed by atoms with Gasteiger partial charge < -0.3 is 10.6 Å². The maximum atomic E-state index is 12.8. The van der Waals surface area contributed by atoms with Crippen LogP contribution < -0.4 is 10.6 Å². The molecule has 32 heavy (non-hydrogen) atoms. The third-order valence-corrected chi connectivity index (χ3v) is 6.28. The molecule has 1 unspecified atom stereocenters. The highest BCUT2D eigenvalue weighted by Gasteiger charge is 2.16. The molecular formula is C26H21ClN2O2S. The van der Waals surface area contributed by atoms with Crippen molar-refractivity contribution in [1.82, 2.24) is 0 Å². The first-order chi connectivity index (χ1) is 15.5. The summed E-state index contributed by atoms with van der Waals surface area (Å²) in [6, 6.07) is 28.0. The summed E-state index contributed by atoms with van der Waals surface area (Å²) in [6.45, 7) is 1.87. The van der Waals surface area contributed by atoms with Gasteiger partial charge in [0.25, 0.3) is 5.91 Å². The van der Waals surface area contributed by atoms with Crippen molar-refractivity contribution < 1.29 is 9.59 Å². The zero-order valence-corrected chi connectivity index (χ0v) is 18.9. The standard InChI is InChI=1S/C26H21ClN2O2S/c1-17(25(30)29-24-11-5-7-18-6-2-3-10-23(18)24)32-22-14-12-21(13-15-22)28-26(31)19-8-4-9-20(27)16-19/h2-17H,1H3,(H,28,31)(H,29,30). The van der Waals surface area contributed by atoms with E-state index in [1.54, 1.807) is 24.3 Å². The first-order valence-electron chi connectivity index (χ1n) is 10.1. The van der Waals surface area contributed by atoms with Crippen LogP contribution in [0, 0.1) is 0 Å². The van der Waals surface area contributed by atoms with E-state index in [-0.39, 0.29) is 17.1 Å². The fourth-order valence-corrected chi connectivity index (χ4v) is 4.33. The number of carbonyl (C=O) groups excluding carboxylic acids is 2. The molecule has 0 radical (unpaired) electrons. The van der Waals surface area contributed by atoms with Crippen molar-refractivity contribution in [3.05, 3.63) is 102 Å². The molecule has 6 heteroatoms. The van der Waals surface area contributed by atoms with Crippen molar-refractivity contribution in [3.8, 4) is 0 Å². The highest BCUT2D eigenvalue weighted by molar-refractivity contribution is 8.00. The molecular weight excluding hydrogens is 440 g/mol. The lowest BCUT2D eigenvalue weighted by Crippen LogP contribution is -2.22. The number of amides is 2. The van der Waals surface area contributed by atoms with Crippen LogP contribution in [0.4, 0.5) is 11.4 Å². The highest BCUT2D eigenvalue weighted by Crippen LogP contribution is 2.28. The van der Waals surface area contributed by atoms with Gasteiger partial charge in [-0.2, -0.15) is 0 Å². The monoisotopic (exact) mass is 460 g/mol. The van der Waals surface area contributed by atoms with Crippen LogP contribution in [0.3, 0.4) is 0 Å². The molecule has 0 aliphatic carbocycles. The molecule has 4 nitrogen and oxygen atoms in total. The first-order valence-corrected chi connectivity index (χ1v) is 11.4. The van der Waals surface area contributed by atoms with Gasteiger partial charge in [0.15, 0.2) is 0 Å². The molecule has 4 aromatic rings. The minimum absolute atomic E-state index is 0.0651. The molecule has 0 aromatic heterocycles. The molecule has 2 N–H and O–H groups in total. The number of thioether (sulfide) groups is 1. The van der Waals surface area contributed by atoms with Gasteiger partial charge in [0.2, 0.25) is 5.91 Å². The normalized spacial score (nSPS) is 11.7. The number of hydrogen-bond donors (Lipinski definition) is 2. The number of nitrogens with one attached hydrogen (secondary N) is 2. The quantitative estimate of drug-likeness (QED) is 0.309. The summed E-state index contributed by atoms with van der Waals surface area (Å²) in [7, 11) is 0. The molecule has 2 amide bonds. The molecule has 0 saturated carbocycles. The van der Waals surface area contributed by atoms with E-state index in [2.05, 4.69) is 10.6 Å². The Morgan fingerprint density at radius 3 is 2.34 bits per heavy atom. The summed E-state index contributed by atoms with van der Waals surface area (Å²) in [5.74, 6) is -0.291. The van der Waals surface area contributed by atoms with E-state index in [1.807, 2.05) is 73.7 Å². The number of anilines is 2. The molecule has 0 aliphatic heterocycles. The first kappa shape index (κ1) is 21.9. The second-order valence-corrected chi connectivity index (χ2v) is 9.12. The SMILES string of the molecule is CC(Sc1ccc(NC(=O)c2cccc(Cl)c2)cc1)C(=O)Nc1cccc2ccccc12. The number of benzene rings is 4. The van der Waals surface area contributed by atoms with E-state index in [0.717, 1.165) is 21.4 Å². The van der Waals surface area contributed by atoms with Gasteiger partial charge in [0, 0.05) is 32.2 Å². The fraction of sp³-hybridized carbons (Fsp3) is 0.0769. The predicted octanol–water partition coefficient (Wildman–Crippen LogP) is 6.86. The van der Waals surface area contributed by atoms with Gasteiger partial charge in [-0.15, -0.1) is 11.8 Å². The van der Waals surface area contributed by atoms with Gasteiger partial charge in [0.05, 0.1) is 5.25 Å². The van der Waals surface area contributed by atoms with Gasteiger partial charge in [-0.3, -0.25) is 9.59 Å². The number of fused-ring (bicyclic) bond motifs is 1. The maximum Gasteiger partial charge on any atom is 0.255 e. The highest BCUT2D eigenvalue weighted by atomic mass is 35.5. The summed E-state index contributed by atoms with van der Waals surface area (Å²) in [5, 5.41) is 8.21. The Bertz CT molecular complexity index is 1270. The Kier molecular flexibility index (Phi) is 6.78. The summed E-state index contributed by atoms with van der Waals surface area (Å²) < 4.78 is 0. The minimum atomic E-state index is -0.291. The second kappa shape index (κ2) is 9.90. The summed E-state index contributed by atoms with van der Waals surface area (Å²) in [5.41, 5.74) is 1.97. The van der Waals surface area contributed by atoms with Crippen molar-refractivity contribution >= 4 is 57.3 Å². The Morgan fingerprint density at radius 2 is 1.56 bits per heavy atom. The molecule has 0 aliphatic rings. The molecule has 0 spiro atoms. The molecule has 4 rings (SSSR count). The van der Waals surface area contributed by atoms with Crippen LogP contribution in [0.2, 0.25) is 5.02 Å². The zero-order chi connectivity index (χ0) is 22.5. The van der Waals surface area contributed by atoms with Crippen molar-refractivity contribution in [2.24, 2.45) is 0 Å². The molecule has 0 heterocycles. The van der Waals surface area contributed by atoms with Gasteiger partial charge in [-0.25, -0.2) is 0 Å². The van der Waals surface area contributed by atoms with Gasteiger partial charge in [-0.1, -0.05) is 54.1 Å². The van der Waals surface area contributed by atoms with Gasteiger partial charge in [-0.05, 0) is 60.8 Å². The van der Waals surface area contributed by atoms with E-state index < -0.39 is 0 Å². The van der Waals surface area contributed by atoms with Crippen molar-refractivity contribution in [1.29, 1.82) is 0 Å². The van der Waals surface area contributed by atoms with Crippen LogP contribution >= 0.6 is 23.4 Å². The fourth-order valence-electron chi connectivity index (χ4n) is 3.28. The topological polar surface area (TPSA) is 58.2 Å². The molecule has 4 aromatic carbocycles. The van der Waals surface area contributed by atoms with E-state index in [0.29, 0.717) is 16.3 Å². The van der Waals surface area contributed by atoms with Crippen LogP contribution in [-0.2, 0) is 4.79 Å². The molecule has 160 valence electrons. The Morgan fingerprint density at radius 1 is 0.844 bits per heavy atom. The zero-order valence-electron chi connectivity index (χ0n) is 17.3. The average molecular weight is 461 g/mol. The van der Waals surface area contributed by atoms with Crippen molar-refractivity contribution in [2.45, 2.75) is 17.1 Å². The lowest BCUT2D eigenvalue weighted by molar-refractivity contribution is -0.115. The summed E-state index contributed by atoms with van der Waals surface area (Å²) in [6.07, 6.45) is 0. The second-order valence-electron chi connectivity index (χ2n) is 7.26. The van der Waals surface area contributed by atoms with Crippen molar-refractivity contribution in [3.63, 3.8) is 0 Å². The van der Waals surface area contributed by atoms with Crippen LogP contribution in [0.25, 0.3) is 10.8 Å². The Labute approximate surface area is 196 Å². The van der Waals surface area contributed by atoms with E-state index >= 15 is 0 Å². The number of hydrogen-bond acceptors (Lipinski definition) is 3. The lowest BCUT2D eigenvalue weighted by atomic mass is 10.1. The smallest absolute Gasteiger partial charge is 0.255 e. The third-order valence-electron chi connectivity index (χ3n) is 4.93. The lowest BCUT2D eigenvalue weighted by Gasteiger charge is -2.14. The molecule has 0 saturated heterocycles. The average Bonchev–Trinajstić information content (AvgIpc) is 2.80. The van der Waals surface area contributed by atoms with Crippen LogP contribution in [0.1, 0.15) is 17.3 Å². The Balaban J connectivity index is 1.37. The third kappa shape index (κ3) is 5.31. The van der Waals surface area contributed by atoms with Crippen molar-refractivity contribution in [2.75, 3.05) is 10.6 Å². The van der Waals surface area contributed by atoms with Crippen LogP contribution in [0.15, 0.2) is 95.9 Å². The maximum absolute atomic E-state index is 12.8. The molecule has 0 fully saturated rings. The van der Waals surface area contributed by atoms with Crippen LogP contribution in [0.5, 0.6) is 0 Å². The molecule has 0 bridgehead atoms. The number of carbonyl (C=O) groups is 2. The largest absolute Gasteiger partial charge is 0.325 e. The van der Waals surface area contributed by atoms with E-state index in [4.69, 9.17) is 11.6 Å². The van der Waals surface area contributed by atoms with Gasteiger partial charge in [0.1, 0.15) is 0 Å².